The van der Waals surface area contributed by atoms with Crippen LogP contribution in [0.25, 0.3) is 0 Å². The molecule has 1 aliphatic rings. The monoisotopic (exact) mass is 166 g/mol. The van der Waals surface area contributed by atoms with E-state index < -0.39 is 0 Å². The number of carbonyl (C=O) groups excluding carboxylic acids is 1. The largest absolute Gasteiger partial charge is 0.299 e. The van der Waals surface area contributed by atoms with E-state index in [-0.39, 0.29) is 0 Å². The van der Waals surface area contributed by atoms with E-state index in [1.807, 2.05) is 0 Å². The van der Waals surface area contributed by atoms with Gasteiger partial charge in [-0.1, -0.05) is 25.5 Å². The molecule has 1 saturated carbocycles. The molecule has 12 heavy (non-hydrogen) atoms. The highest BCUT2D eigenvalue weighted by Gasteiger charge is 2.22. The molecular weight excluding hydrogens is 148 g/mol. The lowest BCUT2D eigenvalue weighted by atomic mass is 10.0. The normalized spacial score (nSPS) is 24.1. The Morgan fingerprint density at radius 3 is 2.92 bits per heavy atom. The minimum Gasteiger partial charge on any atom is -0.299 e. The summed E-state index contributed by atoms with van der Waals surface area (Å²) in [6.45, 7) is 2.17. The molecule has 0 amide bonds. The van der Waals surface area contributed by atoms with Gasteiger partial charge in [0.1, 0.15) is 5.78 Å². The summed E-state index contributed by atoms with van der Waals surface area (Å²) >= 11 is 0. The first kappa shape index (κ1) is 9.50. The zero-order valence-corrected chi connectivity index (χ0v) is 7.88. The summed E-state index contributed by atoms with van der Waals surface area (Å²) < 4.78 is 0. The van der Waals surface area contributed by atoms with E-state index in [9.17, 15) is 4.79 Å². The zero-order chi connectivity index (χ0) is 8.81. The zero-order valence-electron chi connectivity index (χ0n) is 7.88. The van der Waals surface area contributed by atoms with Crippen molar-refractivity contribution >= 4 is 5.78 Å². The third kappa shape index (κ3) is 2.80. The summed E-state index contributed by atoms with van der Waals surface area (Å²) in [4.78, 5) is 11.2. The molecule has 0 heterocycles. The molecule has 0 spiro atoms. The van der Waals surface area contributed by atoms with Gasteiger partial charge in [-0.2, -0.15) is 0 Å². The van der Waals surface area contributed by atoms with Gasteiger partial charge in [0.05, 0.1) is 0 Å². The van der Waals surface area contributed by atoms with Gasteiger partial charge in [-0.3, -0.25) is 4.79 Å². The van der Waals surface area contributed by atoms with E-state index >= 15 is 0 Å². The Hall–Kier alpha value is -0.590. The first-order valence-electron chi connectivity index (χ1n) is 5.02. The summed E-state index contributed by atoms with van der Waals surface area (Å²) in [7, 11) is 0. The molecule has 1 aliphatic carbocycles. The van der Waals surface area contributed by atoms with Crippen LogP contribution in [0.15, 0.2) is 12.2 Å². The molecule has 68 valence electrons. The van der Waals surface area contributed by atoms with Crippen LogP contribution in [0.2, 0.25) is 0 Å². The highest BCUT2D eigenvalue weighted by atomic mass is 16.1. The summed E-state index contributed by atoms with van der Waals surface area (Å²) in [5.74, 6) is 0.842. The van der Waals surface area contributed by atoms with Gasteiger partial charge >= 0.3 is 0 Å². The maximum atomic E-state index is 11.2. The summed E-state index contributed by atoms with van der Waals surface area (Å²) in [5, 5.41) is 0. The predicted molar refractivity (Wildman–Crippen MR) is 51.0 cm³/mol. The highest BCUT2D eigenvalue weighted by Crippen LogP contribution is 2.24. The van der Waals surface area contributed by atoms with E-state index in [1.54, 1.807) is 0 Å². The van der Waals surface area contributed by atoms with Crippen molar-refractivity contribution in [1.82, 2.24) is 0 Å². The van der Waals surface area contributed by atoms with Crippen LogP contribution in [-0.4, -0.2) is 5.78 Å². The molecule has 0 saturated heterocycles. The maximum Gasteiger partial charge on any atom is 0.136 e. The molecule has 0 radical (unpaired) electrons. The molecule has 0 bridgehead atoms. The molecule has 0 aromatic rings. The van der Waals surface area contributed by atoms with Crippen molar-refractivity contribution in [2.45, 2.75) is 45.4 Å². The minimum atomic E-state index is 0.359. The fraction of sp³-hybridized carbons (Fsp3) is 0.727. The predicted octanol–water partition coefficient (Wildman–Crippen LogP) is 3.10. The molecule has 0 N–H and O–H groups in total. The number of unbranched alkanes of at least 4 members (excludes halogenated alkanes) is 1. The fourth-order valence-electron chi connectivity index (χ4n) is 1.68. The lowest BCUT2D eigenvalue weighted by molar-refractivity contribution is -0.120. The molecule has 0 aromatic heterocycles. The summed E-state index contributed by atoms with van der Waals surface area (Å²) in [6, 6.07) is 0. The van der Waals surface area contributed by atoms with E-state index in [1.165, 1.54) is 6.42 Å². The minimum absolute atomic E-state index is 0.359. The smallest absolute Gasteiger partial charge is 0.136 e. The highest BCUT2D eigenvalue weighted by molar-refractivity contribution is 5.82. The van der Waals surface area contributed by atoms with Gasteiger partial charge in [-0.25, -0.2) is 0 Å². The number of rotatable bonds is 4. The Balaban J connectivity index is 2.18. The number of hydrogen-bond acceptors (Lipinski definition) is 1. The van der Waals surface area contributed by atoms with Crippen molar-refractivity contribution in [2.24, 2.45) is 5.92 Å². The lowest BCUT2D eigenvalue weighted by Crippen LogP contribution is -2.03. The van der Waals surface area contributed by atoms with Crippen LogP contribution in [0.4, 0.5) is 0 Å². The van der Waals surface area contributed by atoms with Gasteiger partial charge in [0, 0.05) is 12.3 Å². The topological polar surface area (TPSA) is 17.1 Å². The van der Waals surface area contributed by atoms with Crippen molar-refractivity contribution < 1.29 is 4.79 Å². The molecule has 0 aliphatic heterocycles. The van der Waals surface area contributed by atoms with Gasteiger partial charge in [-0.05, 0) is 25.7 Å². The van der Waals surface area contributed by atoms with Crippen LogP contribution in [0, 0.1) is 5.92 Å². The molecule has 1 atom stereocenters. The van der Waals surface area contributed by atoms with Crippen molar-refractivity contribution in [3.63, 3.8) is 0 Å². The van der Waals surface area contributed by atoms with Crippen molar-refractivity contribution in [3.8, 4) is 0 Å². The first-order valence-corrected chi connectivity index (χ1v) is 5.02. The third-order valence-corrected chi connectivity index (χ3v) is 2.47. The van der Waals surface area contributed by atoms with Crippen LogP contribution >= 0.6 is 0 Å². The Labute approximate surface area is 74.9 Å². The Morgan fingerprint density at radius 1 is 1.50 bits per heavy atom. The van der Waals surface area contributed by atoms with Crippen LogP contribution in [0.1, 0.15) is 45.4 Å². The SMILES string of the molecule is CCC/C=C/C[C@@H]1CCCC1=O. The lowest BCUT2D eigenvalue weighted by Gasteiger charge is -2.01. The van der Waals surface area contributed by atoms with Crippen LogP contribution in [0.5, 0.6) is 0 Å². The average Bonchev–Trinajstić information content (AvgIpc) is 2.46. The molecule has 0 unspecified atom stereocenters. The van der Waals surface area contributed by atoms with Crippen molar-refractivity contribution in [3.05, 3.63) is 12.2 Å². The van der Waals surface area contributed by atoms with Crippen LogP contribution in [-0.2, 0) is 4.79 Å². The Kier molecular flexibility index (Phi) is 4.06. The average molecular weight is 166 g/mol. The molecular formula is C11H18O. The molecule has 1 fully saturated rings. The number of hydrogen-bond donors (Lipinski definition) is 0. The van der Waals surface area contributed by atoms with E-state index in [4.69, 9.17) is 0 Å². The second-order valence-electron chi connectivity index (χ2n) is 3.55. The molecule has 1 rings (SSSR count). The van der Waals surface area contributed by atoms with Gasteiger partial charge < -0.3 is 0 Å². The van der Waals surface area contributed by atoms with Gasteiger partial charge in [0.15, 0.2) is 0 Å². The van der Waals surface area contributed by atoms with Gasteiger partial charge in [0.2, 0.25) is 0 Å². The number of ketones is 1. The van der Waals surface area contributed by atoms with Crippen molar-refractivity contribution in [1.29, 1.82) is 0 Å². The second-order valence-corrected chi connectivity index (χ2v) is 3.55. The van der Waals surface area contributed by atoms with E-state index in [0.717, 1.165) is 32.1 Å². The maximum absolute atomic E-state index is 11.2. The number of Topliss-reactive ketones (excluding diaryl/α,β-unsaturated/α-hetero) is 1. The summed E-state index contributed by atoms with van der Waals surface area (Å²) in [6.07, 6.45) is 10.8. The second kappa shape index (κ2) is 5.13. The molecule has 1 heteroatoms. The molecule has 0 aromatic carbocycles. The van der Waals surface area contributed by atoms with E-state index in [0.29, 0.717) is 11.7 Å². The Morgan fingerprint density at radius 2 is 2.33 bits per heavy atom. The number of carbonyl (C=O) groups is 1. The van der Waals surface area contributed by atoms with Gasteiger partial charge in [-0.15, -0.1) is 0 Å². The quantitative estimate of drug-likeness (QED) is 0.586. The van der Waals surface area contributed by atoms with E-state index in [2.05, 4.69) is 19.1 Å². The Bertz CT molecular complexity index is 170. The third-order valence-electron chi connectivity index (χ3n) is 2.47. The van der Waals surface area contributed by atoms with Gasteiger partial charge in [0.25, 0.3) is 0 Å². The van der Waals surface area contributed by atoms with Crippen LogP contribution in [0.3, 0.4) is 0 Å². The van der Waals surface area contributed by atoms with Crippen LogP contribution < -0.4 is 0 Å². The number of allylic oxidation sites excluding steroid dienone is 2. The molecule has 1 nitrogen and oxygen atoms in total. The fourth-order valence-corrected chi connectivity index (χ4v) is 1.68. The summed E-state index contributed by atoms with van der Waals surface area (Å²) in [5.41, 5.74) is 0. The van der Waals surface area contributed by atoms with Crippen molar-refractivity contribution in [2.75, 3.05) is 0 Å². The first-order chi connectivity index (χ1) is 5.84. The standard InChI is InChI=1S/C11H18O/c1-2-3-4-5-7-10-8-6-9-11(10)12/h4-5,10H,2-3,6-9H2,1H3/b5-4+/t10-/m1/s1.